The standard InChI is InChI=1S/C24H21N3O4/c1-24(2,3)17-9-7-15(8-10-17)23-26-19-13-18(11-12-21(19)31-23)25-14-16-5-4-6-20(22(16)28)27(29)30/h4-14,28H,1-3H3/p-1. The smallest absolute Gasteiger partial charge is 0.262 e. The highest BCUT2D eigenvalue weighted by molar-refractivity contribution is 5.88. The van der Waals surface area contributed by atoms with Gasteiger partial charge in [0.2, 0.25) is 5.89 Å². The highest BCUT2D eigenvalue weighted by Gasteiger charge is 2.15. The maximum Gasteiger partial charge on any atom is 0.262 e. The van der Waals surface area contributed by atoms with E-state index in [0.717, 1.165) is 5.56 Å². The molecule has 0 aliphatic heterocycles. The van der Waals surface area contributed by atoms with Gasteiger partial charge in [-0.1, -0.05) is 45.0 Å². The van der Waals surface area contributed by atoms with Crippen LogP contribution in [0.15, 0.2) is 70.1 Å². The van der Waals surface area contributed by atoms with E-state index >= 15 is 0 Å². The van der Waals surface area contributed by atoms with Crippen LogP contribution in [0.1, 0.15) is 31.9 Å². The molecule has 0 bridgehead atoms. The van der Waals surface area contributed by atoms with Crippen molar-refractivity contribution in [2.24, 2.45) is 4.99 Å². The van der Waals surface area contributed by atoms with Crippen LogP contribution in [-0.4, -0.2) is 16.1 Å². The number of hydrogen-bond donors (Lipinski definition) is 0. The maximum absolute atomic E-state index is 12.1. The Morgan fingerprint density at radius 3 is 2.48 bits per heavy atom. The first-order valence-corrected chi connectivity index (χ1v) is 9.72. The SMILES string of the molecule is CC(C)(C)c1ccc(-c2nc3cc(N=Cc4cccc([N+](=O)[O-])c4[O-])ccc3o2)cc1. The predicted octanol–water partition coefficient (Wildman–Crippen LogP) is 5.52. The van der Waals surface area contributed by atoms with E-state index in [1.807, 2.05) is 12.1 Å². The van der Waals surface area contributed by atoms with Gasteiger partial charge in [-0.2, -0.15) is 0 Å². The van der Waals surface area contributed by atoms with E-state index in [2.05, 4.69) is 42.9 Å². The zero-order valence-corrected chi connectivity index (χ0v) is 17.3. The molecule has 0 unspecified atom stereocenters. The Morgan fingerprint density at radius 1 is 1.06 bits per heavy atom. The second-order valence-electron chi connectivity index (χ2n) is 8.21. The van der Waals surface area contributed by atoms with Gasteiger partial charge in [0, 0.05) is 17.8 Å². The van der Waals surface area contributed by atoms with Crippen molar-refractivity contribution in [3.05, 3.63) is 81.9 Å². The van der Waals surface area contributed by atoms with Gasteiger partial charge in [0.1, 0.15) is 5.52 Å². The van der Waals surface area contributed by atoms with Crippen molar-refractivity contribution in [2.75, 3.05) is 0 Å². The van der Waals surface area contributed by atoms with Crippen molar-refractivity contribution < 1.29 is 14.4 Å². The van der Waals surface area contributed by atoms with Crippen LogP contribution in [-0.2, 0) is 5.41 Å². The summed E-state index contributed by atoms with van der Waals surface area (Å²) in [4.78, 5) is 19.1. The van der Waals surface area contributed by atoms with Gasteiger partial charge in [0.25, 0.3) is 5.69 Å². The number of rotatable bonds is 4. The summed E-state index contributed by atoms with van der Waals surface area (Å²) in [5.41, 5.74) is 3.65. The van der Waals surface area contributed by atoms with Crippen molar-refractivity contribution in [2.45, 2.75) is 26.2 Å². The molecule has 0 aliphatic carbocycles. The Kier molecular flexibility index (Phi) is 5.02. The van der Waals surface area contributed by atoms with E-state index in [0.29, 0.717) is 22.7 Å². The van der Waals surface area contributed by atoms with Gasteiger partial charge in [0.05, 0.1) is 10.6 Å². The minimum Gasteiger partial charge on any atom is -0.867 e. The second kappa shape index (κ2) is 7.68. The lowest BCUT2D eigenvalue weighted by Gasteiger charge is -2.18. The summed E-state index contributed by atoms with van der Waals surface area (Å²) in [6.45, 7) is 6.48. The van der Waals surface area contributed by atoms with E-state index in [1.165, 1.54) is 30.0 Å². The largest absolute Gasteiger partial charge is 0.867 e. The maximum atomic E-state index is 12.1. The summed E-state index contributed by atoms with van der Waals surface area (Å²) >= 11 is 0. The van der Waals surface area contributed by atoms with Gasteiger partial charge in [-0.05, 0) is 52.6 Å². The number of aromatic nitrogens is 1. The topological polar surface area (TPSA) is 105 Å². The molecular formula is C24H20N3O4-. The van der Waals surface area contributed by atoms with Gasteiger partial charge < -0.3 is 9.52 Å². The average molecular weight is 414 g/mol. The van der Waals surface area contributed by atoms with E-state index in [4.69, 9.17) is 4.42 Å². The Labute approximate surface area is 178 Å². The third-order valence-electron chi connectivity index (χ3n) is 4.94. The molecule has 0 N–H and O–H groups in total. The van der Waals surface area contributed by atoms with Gasteiger partial charge in [-0.15, -0.1) is 0 Å². The Bertz CT molecular complexity index is 1300. The number of nitro groups is 1. The number of nitrogens with zero attached hydrogens (tertiary/aromatic N) is 3. The summed E-state index contributed by atoms with van der Waals surface area (Å²) in [5.74, 6) is -0.156. The third-order valence-corrected chi connectivity index (χ3v) is 4.94. The number of para-hydroxylation sites is 1. The summed E-state index contributed by atoms with van der Waals surface area (Å²) in [5, 5.41) is 23.1. The molecule has 0 radical (unpaired) electrons. The van der Waals surface area contributed by atoms with Crippen molar-refractivity contribution >= 4 is 28.7 Å². The molecule has 0 saturated heterocycles. The number of oxazole rings is 1. The molecule has 4 rings (SSSR count). The van der Waals surface area contributed by atoms with Crippen molar-refractivity contribution in [1.82, 2.24) is 4.98 Å². The highest BCUT2D eigenvalue weighted by atomic mass is 16.6. The highest BCUT2D eigenvalue weighted by Crippen LogP contribution is 2.30. The van der Waals surface area contributed by atoms with Crippen LogP contribution < -0.4 is 5.11 Å². The first-order chi connectivity index (χ1) is 14.7. The minimum absolute atomic E-state index is 0.0654. The zero-order chi connectivity index (χ0) is 22.2. The lowest BCUT2D eigenvalue weighted by Crippen LogP contribution is -2.10. The normalized spacial score (nSPS) is 12.0. The molecule has 0 spiro atoms. The van der Waals surface area contributed by atoms with E-state index in [-0.39, 0.29) is 11.0 Å². The molecule has 4 aromatic rings. The molecule has 1 aromatic heterocycles. The van der Waals surface area contributed by atoms with Gasteiger partial charge in [-0.25, -0.2) is 4.98 Å². The van der Waals surface area contributed by atoms with E-state index < -0.39 is 16.4 Å². The number of aliphatic imine (C=N–C) groups is 1. The fraction of sp³-hybridized carbons (Fsp3) is 0.167. The molecule has 0 atom stereocenters. The Hall–Kier alpha value is -4.00. The number of nitro benzene ring substituents is 1. The predicted molar refractivity (Wildman–Crippen MR) is 118 cm³/mol. The molecule has 0 aliphatic rings. The van der Waals surface area contributed by atoms with Crippen LogP contribution >= 0.6 is 0 Å². The molecule has 31 heavy (non-hydrogen) atoms. The second-order valence-corrected chi connectivity index (χ2v) is 8.21. The molecule has 7 heteroatoms. The number of fused-ring (bicyclic) bond motifs is 1. The molecule has 156 valence electrons. The summed E-state index contributed by atoms with van der Waals surface area (Å²) in [6.07, 6.45) is 1.32. The molecule has 3 aromatic carbocycles. The van der Waals surface area contributed by atoms with Gasteiger partial charge >= 0.3 is 0 Å². The average Bonchev–Trinajstić information content (AvgIpc) is 3.15. The minimum atomic E-state index is -0.698. The van der Waals surface area contributed by atoms with Gasteiger partial charge in [0.15, 0.2) is 5.58 Å². The third kappa shape index (κ3) is 4.16. The number of hydrogen-bond acceptors (Lipinski definition) is 6. The molecular weight excluding hydrogens is 394 g/mol. The number of benzene rings is 3. The summed E-state index contributed by atoms with van der Waals surface area (Å²) in [6, 6.07) is 17.5. The van der Waals surface area contributed by atoms with Crippen LogP contribution in [0.4, 0.5) is 11.4 Å². The van der Waals surface area contributed by atoms with E-state index in [9.17, 15) is 15.2 Å². The van der Waals surface area contributed by atoms with Gasteiger partial charge in [-0.3, -0.25) is 15.1 Å². The summed E-state index contributed by atoms with van der Waals surface area (Å²) < 4.78 is 5.87. The van der Waals surface area contributed by atoms with Crippen LogP contribution in [0.2, 0.25) is 0 Å². The Balaban J connectivity index is 1.62. The van der Waals surface area contributed by atoms with Crippen LogP contribution in [0.3, 0.4) is 0 Å². The zero-order valence-electron chi connectivity index (χ0n) is 17.3. The molecule has 0 saturated carbocycles. The first kappa shape index (κ1) is 20.3. The fourth-order valence-electron chi connectivity index (χ4n) is 3.16. The van der Waals surface area contributed by atoms with Crippen molar-refractivity contribution in [3.63, 3.8) is 0 Å². The van der Waals surface area contributed by atoms with Crippen LogP contribution in [0.5, 0.6) is 5.75 Å². The lowest BCUT2D eigenvalue weighted by atomic mass is 9.87. The van der Waals surface area contributed by atoms with Crippen molar-refractivity contribution in [3.8, 4) is 17.2 Å². The Morgan fingerprint density at radius 2 is 1.81 bits per heavy atom. The summed E-state index contributed by atoms with van der Waals surface area (Å²) in [7, 11) is 0. The first-order valence-electron chi connectivity index (χ1n) is 9.72. The lowest BCUT2D eigenvalue weighted by molar-refractivity contribution is -0.398. The van der Waals surface area contributed by atoms with Crippen molar-refractivity contribution in [1.29, 1.82) is 0 Å². The molecule has 7 nitrogen and oxygen atoms in total. The monoisotopic (exact) mass is 414 g/mol. The fourth-order valence-corrected chi connectivity index (χ4v) is 3.16. The molecule has 0 fully saturated rings. The van der Waals surface area contributed by atoms with Crippen LogP contribution in [0, 0.1) is 10.1 Å². The quantitative estimate of drug-likeness (QED) is 0.248. The van der Waals surface area contributed by atoms with Crippen LogP contribution in [0.25, 0.3) is 22.6 Å². The molecule has 0 amide bonds. The van der Waals surface area contributed by atoms with E-state index in [1.54, 1.807) is 18.2 Å². The molecule has 1 heterocycles.